The molecule has 0 atom stereocenters. The number of carbonyl (C=O) groups is 1. The molecule has 0 N–H and O–H groups in total. The van der Waals surface area contributed by atoms with E-state index in [9.17, 15) is 4.79 Å². The fourth-order valence-electron chi connectivity index (χ4n) is 1.67. The maximum Gasteiger partial charge on any atom is 0.223 e. The van der Waals surface area contributed by atoms with Gasteiger partial charge < -0.3 is 4.90 Å². The number of alkyl halides is 1. The van der Waals surface area contributed by atoms with Crippen LogP contribution in [0.4, 0.5) is 0 Å². The van der Waals surface area contributed by atoms with E-state index in [2.05, 4.69) is 15.9 Å². The molecule has 0 spiro atoms. The molecule has 1 saturated carbocycles. The molecular weight excluding hydrogens is 262 g/mol. The van der Waals surface area contributed by atoms with E-state index in [0.717, 1.165) is 18.2 Å². The summed E-state index contributed by atoms with van der Waals surface area (Å²) < 4.78 is 0. The van der Waals surface area contributed by atoms with Crippen LogP contribution in [-0.4, -0.2) is 41.2 Å². The van der Waals surface area contributed by atoms with Crippen molar-refractivity contribution in [2.24, 2.45) is 5.92 Å². The third-order valence-electron chi connectivity index (χ3n) is 2.66. The third-order valence-corrected chi connectivity index (χ3v) is 4.02. The lowest BCUT2D eigenvalue weighted by Gasteiger charge is -2.34. The Morgan fingerprint density at radius 2 is 2.21 bits per heavy atom. The molecule has 82 valence electrons. The topological polar surface area (TPSA) is 20.3 Å². The van der Waals surface area contributed by atoms with Gasteiger partial charge >= 0.3 is 0 Å². The zero-order valence-electron chi connectivity index (χ0n) is 8.83. The molecule has 0 aromatic carbocycles. The Morgan fingerprint density at radius 3 is 2.71 bits per heavy atom. The number of thioether (sulfide) groups is 1. The van der Waals surface area contributed by atoms with Crippen LogP contribution < -0.4 is 0 Å². The summed E-state index contributed by atoms with van der Waals surface area (Å²) in [5.41, 5.74) is 0. The van der Waals surface area contributed by atoms with Crippen LogP contribution in [-0.2, 0) is 4.79 Å². The molecule has 1 aliphatic rings. The highest BCUT2D eigenvalue weighted by molar-refractivity contribution is 9.09. The number of nitrogens with zero attached hydrogens (tertiary/aromatic N) is 1. The summed E-state index contributed by atoms with van der Waals surface area (Å²) >= 11 is 5.29. The Bertz CT molecular complexity index is 195. The molecule has 2 nitrogen and oxygen atoms in total. The summed E-state index contributed by atoms with van der Waals surface area (Å²) in [5.74, 6) is 1.95. The zero-order valence-corrected chi connectivity index (χ0v) is 11.2. The molecule has 1 aliphatic carbocycles. The van der Waals surface area contributed by atoms with Gasteiger partial charge in [-0.1, -0.05) is 15.9 Å². The predicted octanol–water partition coefficient (Wildman–Crippen LogP) is 2.37. The maximum absolute atomic E-state index is 11.6. The van der Waals surface area contributed by atoms with E-state index in [1.807, 2.05) is 18.2 Å². The summed E-state index contributed by atoms with van der Waals surface area (Å²) in [6, 6.07) is 0. The number of rotatable bonds is 5. The molecule has 0 radical (unpaired) electrons. The van der Waals surface area contributed by atoms with Crippen molar-refractivity contribution in [3.05, 3.63) is 0 Å². The standard InChI is InChI=1S/C10H18BrNOS/c1-12(10(13)3-4-14-2)7-8-5-9(11)6-8/h8-9H,3-7H2,1-2H3. The maximum atomic E-state index is 11.6. The van der Waals surface area contributed by atoms with Gasteiger partial charge in [-0.25, -0.2) is 0 Å². The van der Waals surface area contributed by atoms with Crippen molar-refractivity contribution in [1.29, 1.82) is 0 Å². The van der Waals surface area contributed by atoms with Gasteiger partial charge in [-0.2, -0.15) is 11.8 Å². The van der Waals surface area contributed by atoms with Crippen molar-refractivity contribution < 1.29 is 4.79 Å². The number of carbonyl (C=O) groups excluding carboxylic acids is 1. The van der Waals surface area contributed by atoms with Crippen LogP contribution in [0.5, 0.6) is 0 Å². The molecule has 0 aromatic rings. The first-order valence-corrected chi connectivity index (χ1v) is 7.31. The highest BCUT2D eigenvalue weighted by Gasteiger charge is 2.28. The lowest BCUT2D eigenvalue weighted by atomic mass is 9.85. The molecule has 0 unspecified atom stereocenters. The molecule has 0 bridgehead atoms. The second-order valence-corrected chi connectivity index (χ2v) is 6.23. The Labute approximate surface area is 98.9 Å². The number of hydrogen-bond donors (Lipinski definition) is 0. The summed E-state index contributed by atoms with van der Waals surface area (Å²) in [6.07, 6.45) is 5.16. The average molecular weight is 280 g/mol. The molecule has 14 heavy (non-hydrogen) atoms. The van der Waals surface area contributed by atoms with E-state index in [1.165, 1.54) is 12.8 Å². The van der Waals surface area contributed by atoms with E-state index in [1.54, 1.807) is 11.8 Å². The van der Waals surface area contributed by atoms with Gasteiger partial charge in [-0.3, -0.25) is 4.79 Å². The molecule has 1 fully saturated rings. The van der Waals surface area contributed by atoms with E-state index >= 15 is 0 Å². The van der Waals surface area contributed by atoms with Crippen LogP contribution in [0.2, 0.25) is 0 Å². The number of amides is 1. The summed E-state index contributed by atoms with van der Waals surface area (Å²) in [6.45, 7) is 0.940. The van der Waals surface area contributed by atoms with Gasteiger partial charge in [-0.15, -0.1) is 0 Å². The lowest BCUT2D eigenvalue weighted by molar-refractivity contribution is -0.130. The van der Waals surface area contributed by atoms with Gasteiger partial charge in [-0.05, 0) is 25.0 Å². The minimum absolute atomic E-state index is 0.289. The fraction of sp³-hybridized carbons (Fsp3) is 0.900. The van der Waals surface area contributed by atoms with Crippen molar-refractivity contribution in [2.75, 3.05) is 25.6 Å². The van der Waals surface area contributed by atoms with Gasteiger partial charge in [0.15, 0.2) is 0 Å². The molecule has 0 saturated heterocycles. The van der Waals surface area contributed by atoms with Crippen molar-refractivity contribution in [3.63, 3.8) is 0 Å². The normalized spacial score (nSPS) is 25.6. The zero-order chi connectivity index (χ0) is 10.6. The Hall–Kier alpha value is 0.300. The highest BCUT2D eigenvalue weighted by Crippen LogP contribution is 2.33. The van der Waals surface area contributed by atoms with Crippen LogP contribution in [0.3, 0.4) is 0 Å². The smallest absolute Gasteiger partial charge is 0.223 e. The van der Waals surface area contributed by atoms with Crippen molar-refractivity contribution in [3.8, 4) is 0 Å². The Morgan fingerprint density at radius 1 is 1.57 bits per heavy atom. The minimum atomic E-state index is 0.289. The molecule has 4 heteroatoms. The largest absolute Gasteiger partial charge is 0.345 e. The first kappa shape index (κ1) is 12.4. The van der Waals surface area contributed by atoms with Crippen molar-refractivity contribution >= 4 is 33.6 Å². The first-order valence-electron chi connectivity index (χ1n) is 5.00. The lowest BCUT2D eigenvalue weighted by Crippen LogP contribution is -2.37. The van der Waals surface area contributed by atoms with E-state index in [-0.39, 0.29) is 5.91 Å². The first-order chi connectivity index (χ1) is 6.63. The fourth-order valence-corrected chi connectivity index (χ4v) is 3.11. The second kappa shape index (κ2) is 6.01. The van der Waals surface area contributed by atoms with Crippen LogP contribution in [0.25, 0.3) is 0 Å². The van der Waals surface area contributed by atoms with E-state index in [0.29, 0.717) is 11.2 Å². The Kier molecular flexibility index (Phi) is 5.31. The van der Waals surface area contributed by atoms with Crippen LogP contribution >= 0.6 is 27.7 Å². The molecule has 0 aromatic heterocycles. The van der Waals surface area contributed by atoms with Gasteiger partial charge in [0.1, 0.15) is 0 Å². The second-order valence-electron chi connectivity index (χ2n) is 3.95. The van der Waals surface area contributed by atoms with Gasteiger partial charge in [0, 0.05) is 30.6 Å². The Balaban J connectivity index is 2.14. The van der Waals surface area contributed by atoms with Crippen molar-refractivity contribution in [2.45, 2.75) is 24.1 Å². The predicted molar refractivity (Wildman–Crippen MR) is 66.1 cm³/mol. The minimum Gasteiger partial charge on any atom is -0.345 e. The quantitative estimate of drug-likeness (QED) is 0.721. The SMILES string of the molecule is CSCCC(=O)N(C)CC1CC(Br)C1. The molecule has 1 amide bonds. The molecule has 1 rings (SSSR count). The third kappa shape index (κ3) is 3.81. The van der Waals surface area contributed by atoms with Crippen LogP contribution in [0.15, 0.2) is 0 Å². The van der Waals surface area contributed by atoms with E-state index in [4.69, 9.17) is 0 Å². The summed E-state index contributed by atoms with van der Waals surface area (Å²) in [7, 11) is 1.92. The molecule has 0 heterocycles. The molecular formula is C10H18BrNOS. The van der Waals surface area contributed by atoms with Crippen LogP contribution in [0, 0.1) is 5.92 Å². The average Bonchev–Trinajstić information content (AvgIpc) is 2.11. The van der Waals surface area contributed by atoms with E-state index < -0.39 is 0 Å². The monoisotopic (exact) mass is 279 g/mol. The van der Waals surface area contributed by atoms with Gasteiger partial charge in [0.05, 0.1) is 0 Å². The molecule has 0 aliphatic heterocycles. The highest BCUT2D eigenvalue weighted by atomic mass is 79.9. The van der Waals surface area contributed by atoms with Gasteiger partial charge in [0.2, 0.25) is 5.91 Å². The van der Waals surface area contributed by atoms with Crippen molar-refractivity contribution in [1.82, 2.24) is 4.90 Å². The number of hydrogen-bond acceptors (Lipinski definition) is 2. The van der Waals surface area contributed by atoms with Gasteiger partial charge in [0.25, 0.3) is 0 Å². The number of halogens is 1. The summed E-state index contributed by atoms with van der Waals surface area (Å²) in [5, 5.41) is 0. The summed E-state index contributed by atoms with van der Waals surface area (Å²) in [4.78, 5) is 14.1. The van der Waals surface area contributed by atoms with Crippen LogP contribution in [0.1, 0.15) is 19.3 Å².